The number of nitrogens with zero attached hydrogens (tertiary/aromatic N) is 2. The van der Waals surface area contributed by atoms with Crippen molar-refractivity contribution in [3.8, 4) is 0 Å². The van der Waals surface area contributed by atoms with E-state index in [0.29, 0.717) is 10.6 Å². The minimum Gasteiger partial charge on any atom is -0.397 e. The Hall–Kier alpha value is -3.22. The second-order valence-electron chi connectivity index (χ2n) is 8.32. The molecule has 0 radical (unpaired) electrons. The predicted molar refractivity (Wildman–Crippen MR) is 132 cm³/mol. The van der Waals surface area contributed by atoms with Crippen molar-refractivity contribution in [2.75, 3.05) is 24.1 Å². The molecule has 5 nitrogen and oxygen atoms in total. The highest BCUT2D eigenvalue weighted by Gasteiger charge is 2.23. The number of fused-ring (bicyclic) bond motifs is 2. The highest BCUT2D eigenvalue weighted by Crippen LogP contribution is 2.35. The number of nitrogens with two attached hydrogens (primary N) is 1. The first-order valence-electron chi connectivity index (χ1n) is 10.9. The third kappa shape index (κ3) is 4.11. The van der Waals surface area contributed by atoms with Crippen LogP contribution in [0, 0.1) is 6.92 Å². The van der Waals surface area contributed by atoms with Crippen molar-refractivity contribution < 1.29 is 4.79 Å². The summed E-state index contributed by atoms with van der Waals surface area (Å²) in [5, 5.41) is 3.88. The van der Waals surface area contributed by atoms with E-state index >= 15 is 0 Å². The SMILES string of the molecule is Cc1ccccc1NC(=O)c1sc2nc3c(cc2c1N)CN(CCc1ccccc1)CC3. The monoisotopic (exact) mass is 442 g/mol. The molecule has 0 unspecified atom stereocenters. The molecule has 0 saturated heterocycles. The highest BCUT2D eigenvalue weighted by atomic mass is 32.1. The van der Waals surface area contributed by atoms with E-state index < -0.39 is 0 Å². The van der Waals surface area contributed by atoms with Gasteiger partial charge >= 0.3 is 0 Å². The van der Waals surface area contributed by atoms with Gasteiger partial charge in [-0.1, -0.05) is 48.5 Å². The van der Waals surface area contributed by atoms with E-state index in [-0.39, 0.29) is 5.91 Å². The van der Waals surface area contributed by atoms with Crippen LogP contribution in [0.1, 0.15) is 32.1 Å². The number of amides is 1. The maximum atomic E-state index is 12.9. The first-order chi connectivity index (χ1) is 15.6. The molecule has 0 fully saturated rings. The van der Waals surface area contributed by atoms with Gasteiger partial charge < -0.3 is 11.1 Å². The molecule has 32 heavy (non-hydrogen) atoms. The highest BCUT2D eigenvalue weighted by molar-refractivity contribution is 7.21. The van der Waals surface area contributed by atoms with Crippen LogP contribution >= 0.6 is 11.3 Å². The van der Waals surface area contributed by atoms with Gasteiger partial charge in [0.15, 0.2) is 0 Å². The third-order valence-electron chi connectivity index (χ3n) is 6.11. The molecule has 6 heteroatoms. The van der Waals surface area contributed by atoms with Gasteiger partial charge in [-0.15, -0.1) is 11.3 Å². The number of aryl methyl sites for hydroxylation is 1. The third-order valence-corrected chi connectivity index (χ3v) is 7.22. The Morgan fingerprint density at radius 3 is 2.75 bits per heavy atom. The Morgan fingerprint density at radius 2 is 1.94 bits per heavy atom. The summed E-state index contributed by atoms with van der Waals surface area (Å²) in [6.07, 6.45) is 1.96. The molecule has 0 saturated carbocycles. The molecule has 2 aromatic carbocycles. The quantitative estimate of drug-likeness (QED) is 0.454. The molecule has 5 rings (SSSR count). The zero-order chi connectivity index (χ0) is 22.1. The van der Waals surface area contributed by atoms with Gasteiger partial charge in [-0.2, -0.15) is 0 Å². The van der Waals surface area contributed by atoms with Crippen LogP contribution in [0.25, 0.3) is 10.2 Å². The molecule has 1 aliphatic rings. The molecule has 2 aromatic heterocycles. The number of carbonyl (C=O) groups excluding carboxylic acids is 1. The lowest BCUT2D eigenvalue weighted by atomic mass is 10.0. The molecular weight excluding hydrogens is 416 g/mol. The number of nitrogen functional groups attached to an aromatic ring is 1. The molecule has 1 amide bonds. The van der Waals surface area contributed by atoms with Crippen LogP contribution < -0.4 is 11.1 Å². The summed E-state index contributed by atoms with van der Waals surface area (Å²) in [4.78, 5) is 21.7. The summed E-state index contributed by atoms with van der Waals surface area (Å²) in [6, 6.07) is 20.5. The fourth-order valence-corrected chi connectivity index (χ4v) is 5.23. The second kappa shape index (κ2) is 8.73. The van der Waals surface area contributed by atoms with Crippen molar-refractivity contribution in [2.45, 2.75) is 26.3 Å². The second-order valence-corrected chi connectivity index (χ2v) is 9.32. The Labute approximate surface area is 191 Å². The Balaban J connectivity index is 1.36. The number of thiophene rings is 1. The van der Waals surface area contributed by atoms with E-state index in [1.54, 1.807) is 0 Å². The van der Waals surface area contributed by atoms with Gasteiger partial charge in [0.2, 0.25) is 0 Å². The topological polar surface area (TPSA) is 71.2 Å². The number of para-hydroxylation sites is 1. The molecule has 3 heterocycles. The van der Waals surface area contributed by atoms with Crippen molar-refractivity contribution in [1.82, 2.24) is 9.88 Å². The fourth-order valence-electron chi connectivity index (χ4n) is 4.24. The Morgan fingerprint density at radius 1 is 1.16 bits per heavy atom. The molecule has 0 bridgehead atoms. The molecule has 1 aliphatic heterocycles. The number of hydrogen-bond donors (Lipinski definition) is 2. The van der Waals surface area contributed by atoms with Gasteiger partial charge in [-0.3, -0.25) is 9.69 Å². The first kappa shape index (κ1) is 20.7. The Bertz CT molecular complexity index is 1280. The van der Waals surface area contributed by atoms with Gasteiger partial charge in [-0.25, -0.2) is 4.98 Å². The summed E-state index contributed by atoms with van der Waals surface area (Å²) in [5.41, 5.74) is 12.5. The van der Waals surface area contributed by atoms with Gasteiger partial charge in [0, 0.05) is 42.8 Å². The minimum atomic E-state index is -0.178. The average Bonchev–Trinajstić information content (AvgIpc) is 3.14. The Kier molecular flexibility index (Phi) is 5.64. The maximum Gasteiger partial charge on any atom is 0.267 e. The van der Waals surface area contributed by atoms with Crippen molar-refractivity contribution in [3.63, 3.8) is 0 Å². The number of benzene rings is 2. The number of hydrogen-bond acceptors (Lipinski definition) is 5. The van der Waals surface area contributed by atoms with Crippen LogP contribution in [0.2, 0.25) is 0 Å². The first-order valence-corrected chi connectivity index (χ1v) is 11.7. The lowest BCUT2D eigenvalue weighted by molar-refractivity contribution is 0.103. The zero-order valence-corrected chi connectivity index (χ0v) is 18.9. The number of carbonyl (C=O) groups is 1. The molecule has 4 aromatic rings. The van der Waals surface area contributed by atoms with E-state index in [9.17, 15) is 4.79 Å². The van der Waals surface area contributed by atoms with Crippen LogP contribution in [-0.4, -0.2) is 28.9 Å². The van der Waals surface area contributed by atoms with Crippen LogP contribution in [0.15, 0.2) is 60.7 Å². The van der Waals surface area contributed by atoms with Gasteiger partial charge in [0.05, 0.1) is 5.69 Å². The molecule has 0 aliphatic carbocycles. The van der Waals surface area contributed by atoms with E-state index in [4.69, 9.17) is 10.7 Å². The maximum absolute atomic E-state index is 12.9. The summed E-state index contributed by atoms with van der Waals surface area (Å²) in [7, 11) is 0. The molecule has 3 N–H and O–H groups in total. The molecule has 0 atom stereocenters. The van der Waals surface area contributed by atoms with Crippen LogP contribution in [-0.2, 0) is 19.4 Å². The van der Waals surface area contributed by atoms with Crippen LogP contribution in [0.4, 0.5) is 11.4 Å². The smallest absolute Gasteiger partial charge is 0.267 e. The minimum absolute atomic E-state index is 0.178. The average molecular weight is 443 g/mol. The number of anilines is 2. The van der Waals surface area contributed by atoms with E-state index in [0.717, 1.165) is 59.6 Å². The van der Waals surface area contributed by atoms with Crippen LogP contribution in [0.5, 0.6) is 0 Å². The van der Waals surface area contributed by atoms with E-state index in [1.807, 2.05) is 31.2 Å². The number of rotatable bonds is 5. The van der Waals surface area contributed by atoms with Gasteiger partial charge in [0.1, 0.15) is 9.71 Å². The summed E-state index contributed by atoms with van der Waals surface area (Å²) in [5.74, 6) is -0.178. The lowest BCUT2D eigenvalue weighted by Crippen LogP contribution is -2.32. The summed E-state index contributed by atoms with van der Waals surface area (Å²) in [6.45, 7) is 4.86. The van der Waals surface area contributed by atoms with Gasteiger partial charge in [-0.05, 0) is 42.2 Å². The molecule has 162 valence electrons. The largest absolute Gasteiger partial charge is 0.397 e. The summed E-state index contributed by atoms with van der Waals surface area (Å²) < 4.78 is 0. The van der Waals surface area contributed by atoms with Crippen LogP contribution in [0.3, 0.4) is 0 Å². The van der Waals surface area contributed by atoms with E-state index in [1.165, 1.54) is 22.5 Å². The lowest BCUT2D eigenvalue weighted by Gasteiger charge is -2.28. The van der Waals surface area contributed by atoms with Crippen molar-refractivity contribution in [3.05, 3.63) is 87.9 Å². The van der Waals surface area contributed by atoms with E-state index in [2.05, 4.69) is 46.6 Å². The fraction of sp³-hybridized carbons (Fsp3) is 0.231. The number of aromatic nitrogens is 1. The normalized spacial score (nSPS) is 13.8. The zero-order valence-electron chi connectivity index (χ0n) is 18.1. The van der Waals surface area contributed by atoms with Crippen molar-refractivity contribution >= 4 is 38.8 Å². The van der Waals surface area contributed by atoms with Crippen molar-refractivity contribution in [2.24, 2.45) is 0 Å². The summed E-state index contributed by atoms with van der Waals surface area (Å²) >= 11 is 1.38. The van der Waals surface area contributed by atoms with Crippen molar-refractivity contribution in [1.29, 1.82) is 0 Å². The standard InChI is InChI=1S/C26H26N4OS/c1-17-7-5-6-10-21(17)28-25(31)24-23(27)20-15-19-16-30(13-11-18-8-3-2-4-9-18)14-12-22(19)29-26(20)32-24/h2-10,15H,11-14,16,27H2,1H3,(H,28,31). The number of nitrogens with one attached hydrogen (secondary N) is 1. The molecule has 0 spiro atoms. The number of pyridine rings is 1. The van der Waals surface area contributed by atoms with Gasteiger partial charge in [0.25, 0.3) is 5.91 Å². The molecular formula is C26H26N4OS. The predicted octanol–water partition coefficient (Wildman–Crippen LogP) is 5.04.